The van der Waals surface area contributed by atoms with Gasteiger partial charge in [0.15, 0.2) is 5.03 Å². The number of hydrogen-bond acceptors (Lipinski definition) is 7. The summed E-state index contributed by atoms with van der Waals surface area (Å²) >= 11 is 0.526. The molecule has 0 unspecified atom stereocenters. The molecule has 112 valence electrons. The zero-order valence-corrected chi connectivity index (χ0v) is 11.1. The van der Waals surface area contributed by atoms with E-state index >= 15 is 0 Å². The minimum Gasteiger partial charge on any atom is -0.335 e. The van der Waals surface area contributed by atoms with Gasteiger partial charge in [-0.05, 0) is 24.2 Å². The van der Waals surface area contributed by atoms with Crippen molar-refractivity contribution in [2.45, 2.75) is 23.3 Å². The monoisotopic (exact) mass is 320 g/mol. The third-order valence-corrected chi connectivity index (χ3v) is 3.24. The first-order valence-corrected chi connectivity index (χ1v) is 6.08. The van der Waals surface area contributed by atoms with Crippen LogP contribution in [0.3, 0.4) is 0 Å². The fraction of sp³-hybridized carbons (Fsp3) is 0.222. The summed E-state index contributed by atoms with van der Waals surface area (Å²) in [5.41, 5.74) is 0.188. The van der Waals surface area contributed by atoms with Crippen molar-refractivity contribution in [1.29, 1.82) is 0 Å². The number of nitro groups is 1. The molecule has 0 aliphatic heterocycles. The van der Waals surface area contributed by atoms with Gasteiger partial charge in [-0.3, -0.25) is 10.1 Å². The van der Waals surface area contributed by atoms with E-state index in [2.05, 4.69) is 15.2 Å². The van der Waals surface area contributed by atoms with Crippen LogP contribution in [-0.4, -0.2) is 24.8 Å². The van der Waals surface area contributed by atoms with Crippen LogP contribution in [0.4, 0.5) is 18.9 Å². The smallest absolute Gasteiger partial charge is 0.335 e. The Morgan fingerprint density at radius 2 is 2.10 bits per heavy atom. The normalized spacial score (nSPS) is 11.6. The molecule has 0 aromatic carbocycles. The maximum Gasteiger partial charge on any atom is 0.453 e. The lowest BCUT2D eigenvalue weighted by atomic mass is 10.3. The SMILES string of the molecule is Cc1cnc(Sc2nnc(C(F)(F)F)n2N)c([N+](=O)[O-])c1. The minimum atomic E-state index is -4.77. The Kier molecular flexibility index (Phi) is 3.72. The number of nitrogens with zero attached hydrogens (tertiary/aromatic N) is 5. The Morgan fingerprint density at radius 3 is 2.62 bits per heavy atom. The number of aromatic nitrogens is 4. The average Bonchev–Trinajstić information content (AvgIpc) is 2.72. The number of pyridine rings is 1. The van der Waals surface area contributed by atoms with Gasteiger partial charge in [-0.1, -0.05) is 0 Å². The molecule has 0 spiro atoms. The van der Waals surface area contributed by atoms with Gasteiger partial charge in [-0.2, -0.15) is 13.2 Å². The summed E-state index contributed by atoms with van der Waals surface area (Å²) in [7, 11) is 0. The van der Waals surface area contributed by atoms with Gasteiger partial charge in [0.2, 0.25) is 5.16 Å². The summed E-state index contributed by atoms with van der Waals surface area (Å²) in [6, 6.07) is 1.25. The number of hydrogen-bond donors (Lipinski definition) is 1. The number of halogens is 3. The summed E-state index contributed by atoms with van der Waals surface area (Å²) < 4.78 is 37.8. The largest absolute Gasteiger partial charge is 0.453 e. The molecule has 21 heavy (non-hydrogen) atoms. The summed E-state index contributed by atoms with van der Waals surface area (Å²) in [4.78, 5) is 14.0. The zero-order chi connectivity index (χ0) is 15.8. The van der Waals surface area contributed by atoms with Crippen molar-refractivity contribution in [3.8, 4) is 0 Å². The molecule has 2 N–H and O–H groups in total. The van der Waals surface area contributed by atoms with Crippen LogP contribution in [0.2, 0.25) is 0 Å². The average molecular weight is 320 g/mol. The first-order valence-electron chi connectivity index (χ1n) is 5.26. The van der Waals surface area contributed by atoms with Crippen molar-refractivity contribution in [2.75, 3.05) is 5.84 Å². The summed E-state index contributed by atoms with van der Waals surface area (Å²) in [6.07, 6.45) is -3.43. The van der Waals surface area contributed by atoms with Gasteiger partial charge < -0.3 is 5.84 Å². The third kappa shape index (κ3) is 3.04. The Balaban J connectivity index is 2.40. The Labute approximate surface area is 119 Å². The molecule has 0 amide bonds. The van der Waals surface area contributed by atoms with Crippen molar-refractivity contribution < 1.29 is 18.1 Å². The van der Waals surface area contributed by atoms with Crippen LogP contribution in [0, 0.1) is 17.0 Å². The molecule has 0 fully saturated rings. The summed E-state index contributed by atoms with van der Waals surface area (Å²) in [6.45, 7) is 1.60. The first kappa shape index (κ1) is 15.0. The van der Waals surface area contributed by atoms with Crippen LogP contribution in [0.25, 0.3) is 0 Å². The number of aryl methyl sites for hydroxylation is 1. The van der Waals surface area contributed by atoms with Gasteiger partial charge >= 0.3 is 11.9 Å². The van der Waals surface area contributed by atoms with E-state index in [0.29, 0.717) is 17.3 Å². The standard InChI is InChI=1S/C9H7F3N6O2S/c1-4-2-5(18(19)20)6(14-3-4)21-8-16-15-7(17(8)13)9(10,11)12/h2-3H,13H2,1H3. The van der Waals surface area contributed by atoms with Crippen LogP contribution in [0.1, 0.15) is 11.4 Å². The fourth-order valence-corrected chi connectivity index (χ4v) is 2.16. The summed E-state index contributed by atoms with van der Waals surface area (Å²) in [5, 5.41) is 16.6. The highest BCUT2D eigenvalue weighted by Crippen LogP contribution is 2.34. The van der Waals surface area contributed by atoms with E-state index in [1.54, 1.807) is 6.92 Å². The first-order chi connectivity index (χ1) is 9.70. The number of nitrogens with two attached hydrogens (primary N) is 1. The lowest BCUT2D eigenvalue weighted by Gasteiger charge is -2.06. The van der Waals surface area contributed by atoms with E-state index in [9.17, 15) is 23.3 Å². The predicted octanol–water partition coefficient (Wildman–Crippen LogP) is 1.77. The fourth-order valence-electron chi connectivity index (χ4n) is 1.38. The van der Waals surface area contributed by atoms with E-state index in [1.807, 2.05) is 0 Å². The van der Waals surface area contributed by atoms with E-state index in [-0.39, 0.29) is 20.5 Å². The van der Waals surface area contributed by atoms with Crippen molar-refractivity contribution >= 4 is 17.4 Å². The van der Waals surface area contributed by atoms with E-state index in [0.717, 1.165) is 0 Å². The van der Waals surface area contributed by atoms with Crippen molar-refractivity contribution in [3.05, 3.63) is 33.8 Å². The second-order valence-electron chi connectivity index (χ2n) is 3.87. The third-order valence-electron chi connectivity index (χ3n) is 2.27. The van der Waals surface area contributed by atoms with E-state index in [1.165, 1.54) is 12.3 Å². The van der Waals surface area contributed by atoms with Gasteiger partial charge in [-0.25, -0.2) is 9.66 Å². The molecule has 0 aliphatic rings. The Hall–Kier alpha value is -2.37. The van der Waals surface area contributed by atoms with Crippen LogP contribution >= 0.6 is 11.8 Å². The second kappa shape index (κ2) is 5.20. The molecule has 2 heterocycles. The van der Waals surface area contributed by atoms with Gasteiger partial charge in [0.1, 0.15) is 0 Å². The maximum absolute atomic E-state index is 12.5. The molecule has 2 rings (SSSR count). The van der Waals surface area contributed by atoms with Crippen molar-refractivity contribution in [3.63, 3.8) is 0 Å². The van der Waals surface area contributed by atoms with Gasteiger partial charge in [0.25, 0.3) is 5.82 Å². The maximum atomic E-state index is 12.5. The number of rotatable bonds is 3. The molecule has 0 bridgehead atoms. The van der Waals surface area contributed by atoms with Gasteiger partial charge in [0, 0.05) is 12.3 Å². The quantitative estimate of drug-likeness (QED) is 0.521. The number of nitrogen functional groups attached to an aromatic ring is 1. The topological polar surface area (TPSA) is 113 Å². The van der Waals surface area contributed by atoms with Crippen LogP contribution in [-0.2, 0) is 6.18 Å². The zero-order valence-electron chi connectivity index (χ0n) is 10.3. The Bertz CT molecular complexity index is 701. The number of alkyl halides is 3. The van der Waals surface area contributed by atoms with Gasteiger partial charge in [0.05, 0.1) is 4.92 Å². The molecule has 2 aromatic rings. The van der Waals surface area contributed by atoms with Gasteiger partial charge in [-0.15, -0.1) is 10.2 Å². The van der Waals surface area contributed by atoms with E-state index in [4.69, 9.17) is 5.84 Å². The Morgan fingerprint density at radius 1 is 1.43 bits per heavy atom. The molecule has 0 radical (unpaired) electrons. The van der Waals surface area contributed by atoms with Crippen LogP contribution < -0.4 is 5.84 Å². The second-order valence-corrected chi connectivity index (χ2v) is 4.83. The van der Waals surface area contributed by atoms with Crippen molar-refractivity contribution in [2.24, 2.45) is 0 Å². The highest BCUT2D eigenvalue weighted by Gasteiger charge is 2.38. The molecule has 0 atom stereocenters. The molecule has 0 aliphatic carbocycles. The van der Waals surface area contributed by atoms with Crippen LogP contribution in [0.15, 0.2) is 22.4 Å². The predicted molar refractivity (Wildman–Crippen MR) is 64.9 cm³/mol. The molecule has 12 heteroatoms. The highest BCUT2D eigenvalue weighted by atomic mass is 32.2. The molecule has 0 saturated heterocycles. The van der Waals surface area contributed by atoms with Crippen molar-refractivity contribution in [1.82, 2.24) is 19.9 Å². The molecular weight excluding hydrogens is 313 g/mol. The molecule has 2 aromatic heterocycles. The molecule has 0 saturated carbocycles. The van der Waals surface area contributed by atoms with Crippen LogP contribution in [0.5, 0.6) is 0 Å². The molecule has 8 nitrogen and oxygen atoms in total. The minimum absolute atomic E-state index is 0.126. The molecular formula is C9H7F3N6O2S. The van der Waals surface area contributed by atoms with E-state index < -0.39 is 16.9 Å². The lowest BCUT2D eigenvalue weighted by molar-refractivity contribution is -0.388. The highest BCUT2D eigenvalue weighted by molar-refractivity contribution is 7.99. The summed E-state index contributed by atoms with van der Waals surface area (Å²) in [5.74, 6) is 3.84. The lowest BCUT2D eigenvalue weighted by Crippen LogP contribution is -2.21.